The highest BCUT2D eigenvalue weighted by atomic mass is 19.1. The largest absolute Gasteiger partial charge is 0.497 e. The first-order chi connectivity index (χ1) is 19.6. The van der Waals surface area contributed by atoms with E-state index >= 15 is 4.39 Å². The third kappa shape index (κ3) is 6.38. The van der Waals surface area contributed by atoms with Gasteiger partial charge < -0.3 is 24.8 Å². The number of nitrogens with two attached hydrogens (primary N) is 1. The highest BCUT2D eigenvalue weighted by Gasteiger charge is 2.27. The van der Waals surface area contributed by atoms with Gasteiger partial charge in [-0.15, -0.1) is 5.10 Å². The van der Waals surface area contributed by atoms with Crippen molar-refractivity contribution in [3.8, 4) is 22.9 Å². The molecule has 1 heterocycles. The normalized spacial score (nSPS) is 11.5. The molecule has 3 aromatic carbocycles. The van der Waals surface area contributed by atoms with Gasteiger partial charge in [-0.2, -0.15) is 4.68 Å². The van der Waals surface area contributed by atoms with Crippen LogP contribution in [0.2, 0.25) is 0 Å². The summed E-state index contributed by atoms with van der Waals surface area (Å²) in [6.07, 6.45) is 0.206. The topological polar surface area (TPSA) is 149 Å². The summed E-state index contributed by atoms with van der Waals surface area (Å²) in [5.74, 6) is -1.26. The molecule has 4 rings (SSSR count). The maximum atomic E-state index is 16.1. The average Bonchev–Trinajstić information content (AvgIpc) is 3.36. The predicted molar refractivity (Wildman–Crippen MR) is 151 cm³/mol. The van der Waals surface area contributed by atoms with Crippen LogP contribution >= 0.6 is 0 Å². The van der Waals surface area contributed by atoms with E-state index in [1.54, 1.807) is 62.6 Å². The van der Waals surface area contributed by atoms with Gasteiger partial charge in [0.15, 0.2) is 18.2 Å². The molecule has 41 heavy (non-hydrogen) atoms. The first-order valence-corrected chi connectivity index (χ1v) is 12.6. The number of carbonyl (C=O) groups excluding carboxylic acids is 1. The molecule has 1 atom stereocenters. The highest BCUT2D eigenvalue weighted by molar-refractivity contribution is 5.94. The van der Waals surface area contributed by atoms with Gasteiger partial charge in [-0.05, 0) is 30.2 Å². The number of ether oxygens (including phenoxy) is 3. The van der Waals surface area contributed by atoms with Crippen molar-refractivity contribution in [2.45, 2.75) is 12.3 Å². The SMILES string of the molecule is COc1cc(OCC(=O)N(C)C)c(F)c(C(Cc2ccc(C(=N)N)cc2)c2nn(-c3ccccc3OC)c(=O)[nH]2)c1. The molecule has 0 bridgehead atoms. The minimum Gasteiger partial charge on any atom is -0.497 e. The van der Waals surface area contributed by atoms with Gasteiger partial charge in [-0.3, -0.25) is 15.2 Å². The summed E-state index contributed by atoms with van der Waals surface area (Å²) in [5.41, 5.74) is 6.89. The van der Waals surface area contributed by atoms with Crippen molar-refractivity contribution < 1.29 is 23.4 Å². The molecule has 214 valence electrons. The number of amidine groups is 1. The van der Waals surface area contributed by atoms with Crippen molar-refractivity contribution >= 4 is 11.7 Å². The second-order valence-electron chi connectivity index (χ2n) is 9.37. The molecule has 0 aliphatic carbocycles. The van der Waals surface area contributed by atoms with Crippen LogP contribution in [-0.2, 0) is 11.2 Å². The van der Waals surface area contributed by atoms with Crippen molar-refractivity contribution in [3.05, 3.63) is 99.5 Å². The molecule has 0 aliphatic heterocycles. The van der Waals surface area contributed by atoms with Gasteiger partial charge in [0.05, 0.1) is 20.1 Å². The van der Waals surface area contributed by atoms with Crippen LogP contribution in [0.3, 0.4) is 0 Å². The summed E-state index contributed by atoms with van der Waals surface area (Å²) < 4.78 is 33.6. The number of rotatable bonds is 11. The monoisotopic (exact) mass is 562 g/mol. The number of nitrogen functional groups attached to an aromatic ring is 1. The number of para-hydroxylation sites is 2. The Labute approximate surface area is 235 Å². The van der Waals surface area contributed by atoms with Crippen LogP contribution in [0.1, 0.15) is 28.4 Å². The van der Waals surface area contributed by atoms with E-state index in [4.69, 9.17) is 25.4 Å². The fraction of sp³-hybridized carbons (Fsp3) is 0.241. The van der Waals surface area contributed by atoms with E-state index in [1.165, 1.54) is 31.3 Å². The van der Waals surface area contributed by atoms with E-state index in [-0.39, 0.29) is 47.7 Å². The molecule has 1 aromatic heterocycles. The van der Waals surface area contributed by atoms with E-state index in [2.05, 4.69) is 10.1 Å². The first-order valence-electron chi connectivity index (χ1n) is 12.6. The Balaban J connectivity index is 1.84. The number of hydrogen-bond donors (Lipinski definition) is 3. The van der Waals surface area contributed by atoms with Crippen molar-refractivity contribution in [1.29, 1.82) is 5.41 Å². The smallest absolute Gasteiger partial charge is 0.348 e. The Morgan fingerprint density at radius 1 is 1.10 bits per heavy atom. The minimum atomic E-state index is -0.816. The summed E-state index contributed by atoms with van der Waals surface area (Å²) >= 11 is 0. The van der Waals surface area contributed by atoms with Crippen LogP contribution in [-0.4, -0.2) is 66.3 Å². The number of amides is 1. The Morgan fingerprint density at radius 2 is 1.80 bits per heavy atom. The lowest BCUT2D eigenvalue weighted by atomic mass is 9.90. The maximum Gasteiger partial charge on any atom is 0.348 e. The van der Waals surface area contributed by atoms with Gasteiger partial charge in [0.1, 0.15) is 28.8 Å². The third-order valence-corrected chi connectivity index (χ3v) is 6.49. The van der Waals surface area contributed by atoms with Gasteiger partial charge in [-0.25, -0.2) is 9.18 Å². The van der Waals surface area contributed by atoms with Crippen LogP contribution in [0, 0.1) is 11.2 Å². The lowest BCUT2D eigenvalue weighted by Crippen LogP contribution is -2.27. The Kier molecular flexibility index (Phi) is 8.71. The highest BCUT2D eigenvalue weighted by Crippen LogP contribution is 2.36. The lowest BCUT2D eigenvalue weighted by molar-refractivity contribution is -0.130. The number of benzene rings is 3. The summed E-state index contributed by atoms with van der Waals surface area (Å²) in [6.45, 7) is -0.382. The Hall–Kier alpha value is -5.13. The van der Waals surface area contributed by atoms with Crippen molar-refractivity contribution in [3.63, 3.8) is 0 Å². The number of nitrogens with zero attached hydrogens (tertiary/aromatic N) is 3. The van der Waals surface area contributed by atoms with Gasteiger partial charge in [0, 0.05) is 31.3 Å². The molecule has 1 unspecified atom stereocenters. The molecule has 0 aliphatic rings. The number of nitrogens with one attached hydrogen (secondary N) is 2. The van der Waals surface area contributed by atoms with Gasteiger partial charge in [0.2, 0.25) is 0 Å². The van der Waals surface area contributed by atoms with Crippen LogP contribution in [0.4, 0.5) is 4.39 Å². The fourth-order valence-electron chi connectivity index (χ4n) is 4.21. The van der Waals surface area contributed by atoms with Crippen molar-refractivity contribution in [2.75, 3.05) is 34.9 Å². The second-order valence-corrected chi connectivity index (χ2v) is 9.37. The molecule has 12 heteroatoms. The zero-order valence-corrected chi connectivity index (χ0v) is 23.1. The maximum absolute atomic E-state index is 16.1. The second kappa shape index (κ2) is 12.4. The molecule has 11 nitrogen and oxygen atoms in total. The molecule has 0 radical (unpaired) electrons. The van der Waals surface area contributed by atoms with E-state index < -0.39 is 17.4 Å². The average molecular weight is 563 g/mol. The zero-order chi connectivity index (χ0) is 29.7. The molecule has 0 saturated carbocycles. The molecule has 0 spiro atoms. The fourth-order valence-corrected chi connectivity index (χ4v) is 4.21. The number of halogens is 1. The Bertz CT molecular complexity index is 1610. The van der Waals surface area contributed by atoms with Crippen molar-refractivity contribution in [1.82, 2.24) is 19.7 Å². The molecule has 4 N–H and O–H groups in total. The summed E-state index contributed by atoms with van der Waals surface area (Å²) in [7, 11) is 6.06. The quantitative estimate of drug-likeness (QED) is 0.188. The van der Waals surface area contributed by atoms with E-state index in [9.17, 15) is 9.59 Å². The van der Waals surface area contributed by atoms with E-state index in [0.29, 0.717) is 17.0 Å². The molecular formula is C29H31FN6O5. The zero-order valence-electron chi connectivity index (χ0n) is 23.1. The number of aromatic amines is 1. The first kappa shape index (κ1) is 28.9. The number of likely N-dealkylation sites (N-methyl/N-ethyl adjacent to an activating group) is 1. The van der Waals surface area contributed by atoms with Crippen LogP contribution in [0.15, 0.2) is 65.5 Å². The van der Waals surface area contributed by atoms with Crippen LogP contribution in [0.5, 0.6) is 17.2 Å². The van der Waals surface area contributed by atoms with E-state index in [0.717, 1.165) is 10.2 Å². The van der Waals surface area contributed by atoms with Gasteiger partial charge >= 0.3 is 5.69 Å². The number of aromatic nitrogens is 3. The summed E-state index contributed by atoms with van der Waals surface area (Å²) in [5, 5.41) is 12.2. The number of hydrogen-bond acceptors (Lipinski definition) is 7. The van der Waals surface area contributed by atoms with Gasteiger partial charge in [-0.1, -0.05) is 36.4 Å². The Morgan fingerprint density at radius 3 is 2.44 bits per heavy atom. The molecular weight excluding hydrogens is 531 g/mol. The number of carbonyl (C=O) groups is 1. The standard InChI is InChI=1S/C29H31FN6O5/c1-35(2)25(37)16-41-24-15-19(39-3)14-20(26(24)30)21(13-17-9-11-18(12-10-17)27(31)32)28-33-29(38)36(34-28)22-7-5-6-8-23(22)40-4/h5-12,14-15,21H,13,16H2,1-4H3,(H3,31,32)(H,33,34,38). The predicted octanol–water partition coefficient (Wildman–Crippen LogP) is 2.84. The van der Waals surface area contributed by atoms with Crippen LogP contribution < -0.4 is 25.6 Å². The number of methoxy groups -OCH3 is 2. The minimum absolute atomic E-state index is 0.0825. The number of H-pyrrole nitrogens is 1. The molecule has 1 amide bonds. The van der Waals surface area contributed by atoms with Crippen molar-refractivity contribution in [2.24, 2.45) is 5.73 Å². The summed E-state index contributed by atoms with van der Waals surface area (Å²) in [4.78, 5) is 29.3. The summed E-state index contributed by atoms with van der Waals surface area (Å²) in [6, 6.07) is 16.7. The lowest BCUT2D eigenvalue weighted by Gasteiger charge is -2.19. The van der Waals surface area contributed by atoms with Gasteiger partial charge in [0.25, 0.3) is 5.91 Å². The molecule has 0 fully saturated rings. The third-order valence-electron chi connectivity index (χ3n) is 6.49. The molecule has 0 saturated heterocycles. The van der Waals surface area contributed by atoms with E-state index in [1.807, 2.05) is 0 Å². The van der Waals surface area contributed by atoms with Crippen LogP contribution in [0.25, 0.3) is 5.69 Å². The molecule has 4 aromatic rings.